The summed E-state index contributed by atoms with van der Waals surface area (Å²) >= 11 is 1.45. The maximum absolute atomic E-state index is 11.0. The van der Waals surface area contributed by atoms with Crippen LogP contribution in [0, 0.1) is 0 Å². The number of hydrogen-bond acceptors (Lipinski definition) is 4. The van der Waals surface area contributed by atoms with E-state index in [-0.39, 0.29) is 11.3 Å². The smallest absolute Gasteiger partial charge is 0.339 e. The van der Waals surface area contributed by atoms with Crippen LogP contribution >= 0.6 is 11.8 Å². The van der Waals surface area contributed by atoms with E-state index in [2.05, 4.69) is 0 Å². The van der Waals surface area contributed by atoms with Crippen LogP contribution in [0.2, 0.25) is 0 Å². The lowest BCUT2D eigenvalue weighted by Crippen LogP contribution is -2.02. The fourth-order valence-electron chi connectivity index (χ4n) is 1.22. The Morgan fingerprint density at radius 2 is 2.00 bits per heavy atom. The van der Waals surface area contributed by atoms with E-state index >= 15 is 0 Å². The third-order valence-electron chi connectivity index (χ3n) is 1.92. The Bertz CT molecular complexity index is 376. The topological polar surface area (TPSA) is 55.8 Å². The van der Waals surface area contributed by atoms with E-state index in [0.717, 1.165) is 4.90 Å². The van der Waals surface area contributed by atoms with Crippen LogP contribution in [-0.4, -0.2) is 31.6 Å². The molecule has 0 saturated heterocycles. The Balaban J connectivity index is 3.39. The van der Waals surface area contributed by atoms with E-state index in [0.29, 0.717) is 5.75 Å². The van der Waals surface area contributed by atoms with Crippen LogP contribution in [0.15, 0.2) is 17.0 Å². The van der Waals surface area contributed by atoms with Crippen LogP contribution in [0.4, 0.5) is 0 Å². The van der Waals surface area contributed by atoms with E-state index in [9.17, 15) is 4.79 Å². The molecule has 1 N–H and O–H groups in total. The van der Waals surface area contributed by atoms with Crippen molar-refractivity contribution in [1.82, 2.24) is 0 Å². The summed E-state index contributed by atoms with van der Waals surface area (Å²) in [6.07, 6.45) is 1.87. The maximum atomic E-state index is 11.0. The van der Waals surface area contributed by atoms with Crippen LogP contribution in [0.3, 0.4) is 0 Å². The second kappa shape index (κ2) is 4.93. The zero-order valence-corrected chi connectivity index (χ0v) is 9.55. The van der Waals surface area contributed by atoms with E-state index in [4.69, 9.17) is 14.6 Å². The lowest BCUT2D eigenvalue weighted by atomic mass is 10.2. The molecule has 0 aliphatic heterocycles. The standard InChI is InChI=1S/C10H12O4S/c1-13-8-5-6(15-3)4-7(10(11)12)9(8)14-2/h4-5H,1-3H3,(H,11,12). The predicted octanol–water partition coefficient (Wildman–Crippen LogP) is 2.12. The molecule has 0 radical (unpaired) electrons. The minimum Gasteiger partial charge on any atom is -0.493 e. The third-order valence-corrected chi connectivity index (χ3v) is 2.63. The number of carbonyl (C=O) groups is 1. The van der Waals surface area contributed by atoms with Crippen molar-refractivity contribution in [1.29, 1.82) is 0 Å². The minimum absolute atomic E-state index is 0.112. The monoisotopic (exact) mass is 228 g/mol. The Labute approximate surface area is 92.2 Å². The van der Waals surface area contributed by atoms with Gasteiger partial charge in [0.05, 0.1) is 14.2 Å². The summed E-state index contributed by atoms with van der Waals surface area (Å²) in [5.41, 5.74) is 0.112. The summed E-state index contributed by atoms with van der Waals surface area (Å²) in [5, 5.41) is 8.99. The Morgan fingerprint density at radius 1 is 1.33 bits per heavy atom. The summed E-state index contributed by atoms with van der Waals surface area (Å²) in [5.74, 6) is -0.342. The summed E-state index contributed by atoms with van der Waals surface area (Å²) in [6.45, 7) is 0. The van der Waals surface area contributed by atoms with Gasteiger partial charge in [-0.25, -0.2) is 4.79 Å². The van der Waals surface area contributed by atoms with Gasteiger partial charge in [-0.3, -0.25) is 0 Å². The second-order valence-corrected chi connectivity index (χ2v) is 3.60. The van der Waals surface area contributed by atoms with Gasteiger partial charge in [0.15, 0.2) is 11.5 Å². The van der Waals surface area contributed by atoms with Gasteiger partial charge < -0.3 is 14.6 Å². The highest BCUT2D eigenvalue weighted by Crippen LogP contribution is 2.35. The first kappa shape index (κ1) is 11.7. The zero-order valence-electron chi connectivity index (χ0n) is 8.73. The molecule has 82 valence electrons. The molecule has 1 rings (SSSR count). The molecule has 0 fully saturated rings. The Hall–Kier alpha value is -1.36. The fraction of sp³-hybridized carbons (Fsp3) is 0.300. The summed E-state index contributed by atoms with van der Waals surface area (Å²) in [4.78, 5) is 11.8. The number of rotatable bonds is 4. The number of ether oxygens (including phenoxy) is 2. The largest absolute Gasteiger partial charge is 0.493 e. The fourth-order valence-corrected chi connectivity index (χ4v) is 1.68. The van der Waals surface area contributed by atoms with Crippen LogP contribution in [0.5, 0.6) is 11.5 Å². The molecule has 0 bridgehead atoms. The lowest BCUT2D eigenvalue weighted by Gasteiger charge is -2.11. The Kier molecular flexibility index (Phi) is 3.85. The molecule has 0 aliphatic carbocycles. The molecular weight excluding hydrogens is 216 g/mol. The van der Waals surface area contributed by atoms with Gasteiger partial charge in [-0.2, -0.15) is 0 Å². The van der Waals surface area contributed by atoms with Crippen LogP contribution in [-0.2, 0) is 0 Å². The molecule has 0 unspecified atom stereocenters. The maximum Gasteiger partial charge on any atom is 0.339 e. The highest BCUT2D eigenvalue weighted by Gasteiger charge is 2.17. The highest BCUT2D eigenvalue weighted by atomic mass is 32.2. The van der Waals surface area contributed by atoms with E-state index in [1.165, 1.54) is 26.0 Å². The number of aromatic carboxylic acids is 1. The molecule has 0 spiro atoms. The van der Waals surface area contributed by atoms with Gasteiger partial charge in [-0.1, -0.05) is 0 Å². The van der Waals surface area contributed by atoms with Gasteiger partial charge in [0.25, 0.3) is 0 Å². The van der Waals surface area contributed by atoms with Gasteiger partial charge in [0.2, 0.25) is 0 Å². The summed E-state index contributed by atoms with van der Waals surface area (Å²) in [7, 11) is 2.90. The van der Waals surface area contributed by atoms with Gasteiger partial charge in [-0.05, 0) is 18.4 Å². The van der Waals surface area contributed by atoms with Crippen LogP contribution in [0.1, 0.15) is 10.4 Å². The highest BCUT2D eigenvalue weighted by molar-refractivity contribution is 7.98. The van der Waals surface area contributed by atoms with Crippen molar-refractivity contribution in [2.24, 2.45) is 0 Å². The average Bonchev–Trinajstić information content (AvgIpc) is 2.26. The molecule has 0 aliphatic rings. The quantitative estimate of drug-likeness (QED) is 0.800. The lowest BCUT2D eigenvalue weighted by molar-refractivity contribution is 0.0692. The second-order valence-electron chi connectivity index (χ2n) is 2.72. The van der Waals surface area contributed by atoms with Crippen molar-refractivity contribution in [2.45, 2.75) is 4.90 Å². The van der Waals surface area contributed by atoms with Crippen molar-refractivity contribution < 1.29 is 19.4 Å². The first-order valence-corrected chi connectivity index (χ1v) is 5.39. The molecule has 0 amide bonds. The molecule has 0 heterocycles. The number of thioether (sulfide) groups is 1. The van der Waals surface area contributed by atoms with Crippen molar-refractivity contribution in [3.8, 4) is 11.5 Å². The molecule has 0 saturated carbocycles. The SMILES string of the molecule is COc1cc(SC)cc(C(=O)O)c1OC. The number of carboxylic acid groups (broad SMARTS) is 1. The Morgan fingerprint density at radius 3 is 2.40 bits per heavy atom. The molecule has 1 aromatic rings. The van der Waals surface area contributed by atoms with Gasteiger partial charge >= 0.3 is 5.97 Å². The first-order chi connectivity index (χ1) is 7.13. The summed E-state index contributed by atoms with van der Waals surface area (Å²) < 4.78 is 10.1. The number of carboxylic acids is 1. The van der Waals surface area contributed by atoms with Crippen molar-refractivity contribution in [2.75, 3.05) is 20.5 Å². The molecule has 4 nitrogen and oxygen atoms in total. The molecule has 1 aromatic carbocycles. The van der Waals surface area contributed by atoms with Crippen molar-refractivity contribution in [3.05, 3.63) is 17.7 Å². The molecule has 0 atom stereocenters. The first-order valence-electron chi connectivity index (χ1n) is 4.17. The van der Waals surface area contributed by atoms with E-state index < -0.39 is 5.97 Å². The molecule has 0 aromatic heterocycles. The predicted molar refractivity (Wildman–Crippen MR) is 58.3 cm³/mol. The van der Waals surface area contributed by atoms with Crippen molar-refractivity contribution in [3.63, 3.8) is 0 Å². The number of methoxy groups -OCH3 is 2. The average molecular weight is 228 g/mol. The zero-order chi connectivity index (χ0) is 11.4. The number of hydrogen-bond donors (Lipinski definition) is 1. The van der Waals surface area contributed by atoms with Crippen LogP contribution in [0.25, 0.3) is 0 Å². The molecular formula is C10H12O4S. The third kappa shape index (κ3) is 2.36. The van der Waals surface area contributed by atoms with Gasteiger partial charge in [0.1, 0.15) is 5.56 Å². The normalized spacial score (nSPS) is 9.80. The minimum atomic E-state index is -1.03. The van der Waals surface area contributed by atoms with Gasteiger partial charge in [-0.15, -0.1) is 11.8 Å². The van der Waals surface area contributed by atoms with E-state index in [1.54, 1.807) is 12.1 Å². The number of benzene rings is 1. The summed E-state index contributed by atoms with van der Waals surface area (Å²) in [6, 6.07) is 3.31. The van der Waals surface area contributed by atoms with Crippen LogP contribution < -0.4 is 9.47 Å². The van der Waals surface area contributed by atoms with Crippen molar-refractivity contribution >= 4 is 17.7 Å². The molecule has 5 heteroatoms. The van der Waals surface area contributed by atoms with E-state index in [1.807, 2.05) is 6.26 Å². The van der Waals surface area contributed by atoms with Gasteiger partial charge in [0, 0.05) is 4.90 Å². The molecule has 15 heavy (non-hydrogen) atoms.